The molecule has 7 nitrogen and oxygen atoms in total. The predicted octanol–water partition coefficient (Wildman–Crippen LogP) is 1.18. The molecule has 1 aliphatic rings. The van der Waals surface area contributed by atoms with Crippen LogP contribution in [-0.2, 0) is 9.53 Å². The number of para-hydroxylation sites is 1. The Hall–Kier alpha value is -2.28. The summed E-state index contributed by atoms with van der Waals surface area (Å²) in [5, 5.41) is 9.76. The van der Waals surface area contributed by atoms with Gasteiger partial charge < -0.3 is 25.4 Å². The molecule has 2 amide bonds. The number of piperazine rings is 1. The van der Waals surface area contributed by atoms with E-state index in [4.69, 9.17) is 10.5 Å². The first-order valence-electron chi connectivity index (χ1n) is 7.95. The fourth-order valence-electron chi connectivity index (χ4n) is 2.27. The van der Waals surface area contributed by atoms with Crippen LogP contribution in [0.4, 0.5) is 5.69 Å². The van der Waals surface area contributed by atoms with Crippen molar-refractivity contribution in [1.82, 2.24) is 9.80 Å². The van der Waals surface area contributed by atoms with Gasteiger partial charge in [-0.15, -0.1) is 0 Å². The van der Waals surface area contributed by atoms with Gasteiger partial charge >= 0.3 is 0 Å². The number of hydrogen-bond acceptors (Lipinski definition) is 5. The number of phenolic OH excluding ortho intramolecular Hbond substituents is 1. The van der Waals surface area contributed by atoms with Crippen molar-refractivity contribution in [3.05, 3.63) is 23.8 Å². The quantitative estimate of drug-likeness (QED) is 0.488. The molecule has 1 fully saturated rings. The number of rotatable bonds is 4. The van der Waals surface area contributed by atoms with E-state index in [0.717, 1.165) is 13.0 Å². The van der Waals surface area contributed by atoms with Crippen LogP contribution in [0.15, 0.2) is 18.2 Å². The van der Waals surface area contributed by atoms with Crippen molar-refractivity contribution < 1.29 is 19.4 Å². The fraction of sp³-hybridized carbons (Fsp3) is 0.529. The van der Waals surface area contributed by atoms with Crippen LogP contribution in [0.1, 0.15) is 24.2 Å². The van der Waals surface area contributed by atoms with Gasteiger partial charge in [-0.25, -0.2) is 0 Å². The zero-order valence-corrected chi connectivity index (χ0v) is 14.6. The van der Waals surface area contributed by atoms with Crippen LogP contribution in [-0.4, -0.2) is 67.1 Å². The third-order valence-electron chi connectivity index (χ3n) is 3.55. The third-order valence-corrected chi connectivity index (χ3v) is 3.55. The van der Waals surface area contributed by atoms with E-state index >= 15 is 0 Å². The number of nitrogens with two attached hydrogens (primary N) is 1. The van der Waals surface area contributed by atoms with Gasteiger partial charge in [0.15, 0.2) is 5.75 Å². The lowest BCUT2D eigenvalue weighted by Gasteiger charge is -2.32. The van der Waals surface area contributed by atoms with Crippen molar-refractivity contribution in [2.75, 3.05) is 45.6 Å². The highest BCUT2D eigenvalue weighted by Crippen LogP contribution is 2.25. The number of hydrogen-bond donors (Lipinski definition) is 2. The summed E-state index contributed by atoms with van der Waals surface area (Å²) in [6.07, 6.45) is 0.778. The van der Waals surface area contributed by atoms with E-state index < -0.39 is 0 Å². The molecule has 7 heteroatoms. The summed E-state index contributed by atoms with van der Waals surface area (Å²) < 4.78 is 4.80. The summed E-state index contributed by atoms with van der Waals surface area (Å²) in [6, 6.07) is 4.71. The lowest BCUT2D eigenvalue weighted by Crippen LogP contribution is -2.48. The number of carbonyl (C=O) groups excluding carboxylic acids is 2. The Balaban J connectivity index is 0.000000413. The Morgan fingerprint density at radius 3 is 2.42 bits per heavy atom. The van der Waals surface area contributed by atoms with Crippen molar-refractivity contribution in [3.63, 3.8) is 0 Å². The molecule has 1 aromatic carbocycles. The molecule has 0 bridgehead atoms. The smallest absolute Gasteiger partial charge is 0.257 e. The normalized spacial score (nSPS) is 14.2. The lowest BCUT2D eigenvalue weighted by atomic mass is 10.1. The molecule has 1 aliphatic heterocycles. The van der Waals surface area contributed by atoms with Gasteiger partial charge in [-0.2, -0.15) is 0 Å². The van der Waals surface area contributed by atoms with Gasteiger partial charge in [-0.3, -0.25) is 9.59 Å². The van der Waals surface area contributed by atoms with Crippen molar-refractivity contribution in [2.45, 2.75) is 13.8 Å². The van der Waals surface area contributed by atoms with Gasteiger partial charge in [0.1, 0.15) is 0 Å². The number of amides is 2. The average Bonchev–Trinajstić information content (AvgIpc) is 2.57. The molecule has 0 radical (unpaired) electrons. The van der Waals surface area contributed by atoms with Crippen molar-refractivity contribution in [3.8, 4) is 5.75 Å². The molecule has 0 aliphatic carbocycles. The van der Waals surface area contributed by atoms with Crippen LogP contribution in [0.25, 0.3) is 0 Å². The van der Waals surface area contributed by atoms with Crippen LogP contribution in [0, 0.1) is 5.92 Å². The molecule has 1 saturated heterocycles. The minimum atomic E-state index is -0.259. The molecule has 0 unspecified atom stereocenters. The van der Waals surface area contributed by atoms with E-state index in [1.165, 1.54) is 6.07 Å². The van der Waals surface area contributed by atoms with Gasteiger partial charge in [0.2, 0.25) is 6.41 Å². The monoisotopic (exact) mass is 337 g/mol. The summed E-state index contributed by atoms with van der Waals surface area (Å²) in [6.45, 7) is 7.08. The zero-order valence-electron chi connectivity index (χ0n) is 14.6. The lowest BCUT2D eigenvalue weighted by molar-refractivity contribution is -0.119. The second-order valence-electron chi connectivity index (χ2n) is 6.03. The van der Waals surface area contributed by atoms with Crippen LogP contribution in [0.3, 0.4) is 0 Å². The number of nitrogen functional groups attached to an aromatic ring is 1. The summed E-state index contributed by atoms with van der Waals surface area (Å²) in [5.41, 5.74) is 5.95. The SMILES string of the molecule is COCC(C)C.Nc1cccc(C(=O)N2CCN(C=O)CC2)c1O. The fourth-order valence-corrected chi connectivity index (χ4v) is 2.27. The molecule has 1 aromatic rings. The van der Waals surface area contributed by atoms with Crippen molar-refractivity contribution in [1.29, 1.82) is 0 Å². The minimum Gasteiger partial charge on any atom is -0.505 e. The maximum Gasteiger partial charge on any atom is 0.257 e. The topological polar surface area (TPSA) is 96.1 Å². The molecular weight excluding hydrogens is 310 g/mol. The molecule has 0 spiro atoms. The molecule has 0 saturated carbocycles. The van der Waals surface area contributed by atoms with Gasteiger partial charge in [-0.1, -0.05) is 19.9 Å². The summed E-state index contributed by atoms with van der Waals surface area (Å²) in [4.78, 5) is 26.0. The first-order chi connectivity index (χ1) is 11.4. The Morgan fingerprint density at radius 2 is 1.96 bits per heavy atom. The molecule has 134 valence electrons. The van der Waals surface area contributed by atoms with E-state index in [1.807, 2.05) is 0 Å². The summed E-state index contributed by atoms with van der Waals surface area (Å²) in [7, 11) is 1.72. The highest BCUT2D eigenvalue weighted by Gasteiger charge is 2.23. The largest absolute Gasteiger partial charge is 0.505 e. The number of methoxy groups -OCH3 is 1. The second-order valence-corrected chi connectivity index (χ2v) is 6.03. The Bertz CT molecular complexity index is 541. The van der Waals surface area contributed by atoms with E-state index in [1.54, 1.807) is 29.0 Å². The number of aromatic hydroxyl groups is 1. The predicted molar refractivity (Wildman–Crippen MR) is 92.8 cm³/mol. The van der Waals surface area contributed by atoms with Gasteiger partial charge in [-0.05, 0) is 18.1 Å². The zero-order chi connectivity index (χ0) is 18.1. The molecule has 3 N–H and O–H groups in total. The number of carbonyl (C=O) groups is 2. The third kappa shape index (κ3) is 5.73. The van der Waals surface area contributed by atoms with Crippen molar-refractivity contribution >= 4 is 18.0 Å². The van der Waals surface area contributed by atoms with Gasteiger partial charge in [0.25, 0.3) is 5.91 Å². The Morgan fingerprint density at radius 1 is 1.33 bits per heavy atom. The summed E-state index contributed by atoms with van der Waals surface area (Å²) in [5.74, 6) is 0.237. The number of nitrogens with zero attached hydrogens (tertiary/aromatic N) is 2. The van der Waals surface area contributed by atoms with Crippen molar-refractivity contribution in [2.24, 2.45) is 5.92 Å². The number of benzene rings is 1. The highest BCUT2D eigenvalue weighted by molar-refractivity contribution is 5.98. The molecule has 24 heavy (non-hydrogen) atoms. The molecule has 2 rings (SSSR count). The molecular formula is C17H27N3O4. The van der Waals surface area contributed by atoms with E-state index in [9.17, 15) is 14.7 Å². The first kappa shape index (κ1) is 19.8. The second kappa shape index (κ2) is 9.77. The average molecular weight is 337 g/mol. The molecule has 0 aromatic heterocycles. The van der Waals surface area contributed by atoms with E-state index in [-0.39, 0.29) is 22.9 Å². The Labute approximate surface area is 143 Å². The molecule has 0 atom stereocenters. The van der Waals surface area contributed by atoms with Gasteiger partial charge in [0, 0.05) is 39.9 Å². The van der Waals surface area contributed by atoms with Crippen LogP contribution in [0.5, 0.6) is 5.75 Å². The highest BCUT2D eigenvalue weighted by atomic mass is 16.5. The van der Waals surface area contributed by atoms with Crippen LogP contribution >= 0.6 is 0 Å². The van der Waals surface area contributed by atoms with Gasteiger partial charge in [0.05, 0.1) is 11.3 Å². The van der Waals surface area contributed by atoms with Crippen LogP contribution in [0.2, 0.25) is 0 Å². The summed E-state index contributed by atoms with van der Waals surface area (Å²) >= 11 is 0. The van der Waals surface area contributed by atoms with E-state index in [0.29, 0.717) is 32.1 Å². The molecule has 1 heterocycles. The maximum atomic E-state index is 12.2. The number of anilines is 1. The first-order valence-corrected chi connectivity index (χ1v) is 7.95. The van der Waals surface area contributed by atoms with Crippen LogP contribution < -0.4 is 5.73 Å². The number of ether oxygens (including phenoxy) is 1. The van der Waals surface area contributed by atoms with E-state index in [2.05, 4.69) is 13.8 Å². The Kier molecular flexibility index (Phi) is 8.05. The minimum absolute atomic E-state index is 0.180. The number of phenols is 1. The maximum absolute atomic E-state index is 12.2. The standard InChI is InChI=1S/C12H15N3O3.C5H12O/c13-10-3-1-2-9(11(10)17)12(18)15-6-4-14(8-16)5-7-15;1-5(2)4-6-3/h1-3,8,17H,4-7,13H2;5H,4H2,1-3H3.